The maximum Gasteiger partial charge on any atom is 0.118 e. The number of likely N-dealkylation sites (tertiary alicyclic amines) is 2. The molecule has 4 heterocycles. The van der Waals surface area contributed by atoms with Gasteiger partial charge in [0.1, 0.15) is 11.5 Å². The van der Waals surface area contributed by atoms with Gasteiger partial charge in [0.15, 0.2) is 0 Å². The molecular formula is C16H24N2O2. The number of nitrogens with zero attached hydrogens (tertiary/aromatic N) is 2. The molecule has 1 aromatic rings. The average Bonchev–Trinajstić information content (AvgIpc) is 3.16. The van der Waals surface area contributed by atoms with Crippen molar-refractivity contribution in [2.45, 2.75) is 50.9 Å². The minimum Gasteiger partial charge on any atom is -0.465 e. The first-order chi connectivity index (χ1) is 9.81. The first kappa shape index (κ1) is 12.9. The van der Waals surface area contributed by atoms with Gasteiger partial charge in [0.2, 0.25) is 0 Å². The van der Waals surface area contributed by atoms with E-state index < -0.39 is 0 Å². The Morgan fingerprint density at radius 1 is 1.15 bits per heavy atom. The Morgan fingerprint density at radius 2 is 2.05 bits per heavy atom. The van der Waals surface area contributed by atoms with Crippen LogP contribution in [-0.2, 0) is 11.3 Å². The van der Waals surface area contributed by atoms with E-state index in [9.17, 15) is 0 Å². The molecular weight excluding hydrogens is 252 g/mol. The molecule has 0 aromatic carbocycles. The predicted molar refractivity (Wildman–Crippen MR) is 76.6 cm³/mol. The van der Waals surface area contributed by atoms with E-state index in [1.165, 1.54) is 32.4 Å². The van der Waals surface area contributed by atoms with E-state index in [-0.39, 0.29) is 0 Å². The summed E-state index contributed by atoms with van der Waals surface area (Å²) < 4.78 is 11.3. The molecule has 0 radical (unpaired) electrons. The van der Waals surface area contributed by atoms with Gasteiger partial charge in [-0.1, -0.05) is 0 Å². The number of fused-ring (bicyclic) bond motifs is 1. The quantitative estimate of drug-likeness (QED) is 0.844. The number of ether oxygens (including phenoxy) is 1. The molecule has 3 atom stereocenters. The van der Waals surface area contributed by atoms with Crippen molar-refractivity contribution in [3.63, 3.8) is 0 Å². The van der Waals surface area contributed by atoms with Crippen LogP contribution in [0.3, 0.4) is 0 Å². The highest BCUT2D eigenvalue weighted by molar-refractivity contribution is 5.08. The standard InChI is InChI=1S/C16H24N2O2/c1-12-2-3-14(20-12)10-17-7-4-16-15(17)5-8-18(16)13-6-9-19-11-13/h2-3,13,15-16H,4-11H2,1H3/t13-,15+,16-/m1/s1. The highest BCUT2D eigenvalue weighted by Gasteiger charge is 2.45. The van der Waals surface area contributed by atoms with E-state index in [1.54, 1.807) is 0 Å². The molecule has 110 valence electrons. The van der Waals surface area contributed by atoms with Crippen LogP contribution in [0.25, 0.3) is 0 Å². The van der Waals surface area contributed by atoms with E-state index in [0.717, 1.165) is 43.4 Å². The van der Waals surface area contributed by atoms with Crippen LogP contribution in [0.5, 0.6) is 0 Å². The molecule has 0 unspecified atom stereocenters. The zero-order valence-electron chi connectivity index (χ0n) is 12.3. The monoisotopic (exact) mass is 276 g/mol. The van der Waals surface area contributed by atoms with E-state index in [1.807, 2.05) is 6.92 Å². The molecule has 4 rings (SSSR count). The fraction of sp³-hybridized carbons (Fsp3) is 0.750. The summed E-state index contributed by atoms with van der Waals surface area (Å²) in [5, 5.41) is 0. The molecule has 3 fully saturated rings. The van der Waals surface area contributed by atoms with Crippen molar-refractivity contribution in [2.24, 2.45) is 0 Å². The molecule has 3 saturated heterocycles. The molecule has 3 aliphatic rings. The predicted octanol–water partition coefficient (Wildman–Crippen LogP) is 2.03. The fourth-order valence-corrected chi connectivity index (χ4v) is 4.31. The second-order valence-electron chi connectivity index (χ2n) is 6.45. The van der Waals surface area contributed by atoms with Crippen molar-refractivity contribution in [1.82, 2.24) is 9.80 Å². The molecule has 0 bridgehead atoms. The molecule has 0 amide bonds. The number of aryl methyl sites for hydroxylation is 1. The van der Waals surface area contributed by atoms with Crippen molar-refractivity contribution in [3.05, 3.63) is 23.7 Å². The molecule has 1 aromatic heterocycles. The lowest BCUT2D eigenvalue weighted by molar-refractivity contribution is 0.131. The van der Waals surface area contributed by atoms with Crippen LogP contribution in [0.4, 0.5) is 0 Å². The molecule has 20 heavy (non-hydrogen) atoms. The van der Waals surface area contributed by atoms with Gasteiger partial charge in [0.05, 0.1) is 13.2 Å². The van der Waals surface area contributed by atoms with E-state index in [4.69, 9.17) is 9.15 Å². The minimum atomic E-state index is 0.677. The van der Waals surface area contributed by atoms with Crippen LogP contribution in [-0.4, -0.2) is 54.2 Å². The topological polar surface area (TPSA) is 28.9 Å². The van der Waals surface area contributed by atoms with Crippen molar-refractivity contribution in [2.75, 3.05) is 26.3 Å². The van der Waals surface area contributed by atoms with Crippen LogP contribution in [0.1, 0.15) is 30.8 Å². The number of hydrogen-bond acceptors (Lipinski definition) is 4. The smallest absolute Gasteiger partial charge is 0.118 e. The van der Waals surface area contributed by atoms with Crippen LogP contribution in [0, 0.1) is 6.92 Å². The van der Waals surface area contributed by atoms with Gasteiger partial charge in [0.25, 0.3) is 0 Å². The van der Waals surface area contributed by atoms with Crippen molar-refractivity contribution >= 4 is 0 Å². The maximum atomic E-state index is 5.75. The summed E-state index contributed by atoms with van der Waals surface area (Å²) in [5.41, 5.74) is 0. The Balaban J connectivity index is 1.42. The fourth-order valence-electron chi connectivity index (χ4n) is 4.31. The van der Waals surface area contributed by atoms with E-state index in [0.29, 0.717) is 6.04 Å². The molecule has 4 heteroatoms. The third-order valence-corrected chi connectivity index (χ3v) is 5.26. The average molecular weight is 276 g/mol. The Hall–Kier alpha value is -0.840. The van der Waals surface area contributed by atoms with Crippen molar-refractivity contribution in [3.8, 4) is 0 Å². The third kappa shape index (κ3) is 2.20. The highest BCUT2D eigenvalue weighted by atomic mass is 16.5. The van der Waals surface area contributed by atoms with Gasteiger partial charge in [-0.25, -0.2) is 0 Å². The molecule has 0 saturated carbocycles. The minimum absolute atomic E-state index is 0.677. The van der Waals surface area contributed by atoms with Gasteiger partial charge in [0, 0.05) is 37.8 Å². The van der Waals surface area contributed by atoms with Gasteiger partial charge >= 0.3 is 0 Å². The Morgan fingerprint density at radius 3 is 2.80 bits per heavy atom. The van der Waals surface area contributed by atoms with Gasteiger partial charge in [-0.15, -0.1) is 0 Å². The molecule has 0 aliphatic carbocycles. The van der Waals surface area contributed by atoms with Crippen LogP contribution >= 0.6 is 0 Å². The summed E-state index contributed by atoms with van der Waals surface area (Å²) in [4.78, 5) is 5.35. The normalized spacial score (nSPS) is 35.0. The SMILES string of the molecule is Cc1ccc(CN2CC[C@@H]3[C@@H]2CCN3[C@@H]2CCOC2)o1. The molecule has 4 nitrogen and oxygen atoms in total. The van der Waals surface area contributed by atoms with Crippen molar-refractivity contribution < 1.29 is 9.15 Å². The Kier molecular flexibility index (Phi) is 3.33. The number of hydrogen-bond donors (Lipinski definition) is 0. The number of furan rings is 1. The van der Waals surface area contributed by atoms with Crippen LogP contribution in [0.15, 0.2) is 16.5 Å². The Bertz CT molecular complexity index is 467. The van der Waals surface area contributed by atoms with Gasteiger partial charge in [-0.05, 0) is 38.3 Å². The van der Waals surface area contributed by atoms with Gasteiger partial charge < -0.3 is 9.15 Å². The summed E-state index contributed by atoms with van der Waals surface area (Å²) >= 11 is 0. The molecule has 0 N–H and O–H groups in total. The summed E-state index contributed by atoms with van der Waals surface area (Å²) in [5.74, 6) is 2.14. The molecule has 0 spiro atoms. The lowest BCUT2D eigenvalue weighted by Gasteiger charge is -2.29. The Labute approximate surface area is 120 Å². The third-order valence-electron chi connectivity index (χ3n) is 5.26. The van der Waals surface area contributed by atoms with E-state index in [2.05, 4.69) is 21.9 Å². The van der Waals surface area contributed by atoms with Crippen molar-refractivity contribution in [1.29, 1.82) is 0 Å². The van der Waals surface area contributed by atoms with Gasteiger partial charge in [-0.2, -0.15) is 0 Å². The van der Waals surface area contributed by atoms with Crippen LogP contribution in [0.2, 0.25) is 0 Å². The summed E-state index contributed by atoms with van der Waals surface area (Å²) in [6.07, 6.45) is 3.84. The largest absolute Gasteiger partial charge is 0.465 e. The summed E-state index contributed by atoms with van der Waals surface area (Å²) in [7, 11) is 0. The lowest BCUT2D eigenvalue weighted by atomic mass is 10.1. The first-order valence-corrected chi connectivity index (χ1v) is 7.94. The zero-order valence-corrected chi connectivity index (χ0v) is 12.3. The van der Waals surface area contributed by atoms with Crippen LogP contribution < -0.4 is 0 Å². The van der Waals surface area contributed by atoms with Gasteiger partial charge in [-0.3, -0.25) is 9.80 Å². The second kappa shape index (κ2) is 5.17. The highest BCUT2D eigenvalue weighted by Crippen LogP contribution is 2.35. The molecule has 3 aliphatic heterocycles. The second-order valence-corrected chi connectivity index (χ2v) is 6.45. The lowest BCUT2D eigenvalue weighted by Crippen LogP contribution is -2.42. The summed E-state index contributed by atoms with van der Waals surface area (Å²) in [6.45, 7) is 7.35. The summed E-state index contributed by atoms with van der Waals surface area (Å²) in [6, 6.07) is 6.34. The first-order valence-electron chi connectivity index (χ1n) is 7.94. The maximum absolute atomic E-state index is 5.75. The number of rotatable bonds is 3. The van der Waals surface area contributed by atoms with E-state index >= 15 is 0 Å². The zero-order chi connectivity index (χ0) is 13.5.